The van der Waals surface area contributed by atoms with Crippen molar-refractivity contribution in [2.24, 2.45) is 0 Å². The Kier molecular flexibility index (Phi) is 2.49. The summed E-state index contributed by atoms with van der Waals surface area (Å²) in [7, 11) is 0.518. The van der Waals surface area contributed by atoms with E-state index in [9.17, 15) is 4.39 Å². The lowest BCUT2D eigenvalue weighted by Gasteiger charge is -2.01. The molecule has 0 spiro atoms. The maximum atomic E-state index is 12.7. The van der Waals surface area contributed by atoms with Crippen LogP contribution in [0.15, 0.2) is 18.2 Å². The van der Waals surface area contributed by atoms with Crippen LogP contribution in [0.5, 0.6) is 5.75 Å². The van der Waals surface area contributed by atoms with Gasteiger partial charge in [-0.1, -0.05) is 6.07 Å². The van der Waals surface area contributed by atoms with Crippen LogP contribution in [0.1, 0.15) is 5.56 Å². The monoisotopic (exact) mass is 153 g/mol. The molecule has 0 fully saturated rings. The van der Waals surface area contributed by atoms with Crippen molar-refractivity contribution in [3.05, 3.63) is 29.6 Å². The van der Waals surface area contributed by atoms with Gasteiger partial charge in [0.15, 0.2) is 0 Å². The Hall–Kier alpha value is -1.03. The summed E-state index contributed by atoms with van der Waals surface area (Å²) in [5, 5.41) is 8.21. The standard InChI is InChI=1S/C7H7BFO2/c1-5-2-3-6(11-8-10)4-7(5)9/h2-4,10H,1H3. The highest BCUT2D eigenvalue weighted by atomic mass is 19.1. The first-order valence-electron chi connectivity index (χ1n) is 3.13. The van der Waals surface area contributed by atoms with Crippen LogP contribution in [0, 0.1) is 12.7 Å². The highest BCUT2D eigenvalue weighted by Gasteiger charge is 1.99. The zero-order chi connectivity index (χ0) is 8.27. The zero-order valence-corrected chi connectivity index (χ0v) is 6.04. The minimum absolute atomic E-state index is 0.288. The molecule has 0 heterocycles. The molecule has 0 atom stereocenters. The van der Waals surface area contributed by atoms with E-state index in [4.69, 9.17) is 5.02 Å². The third-order valence-electron chi connectivity index (χ3n) is 1.33. The van der Waals surface area contributed by atoms with Crippen LogP contribution in [0.2, 0.25) is 0 Å². The average Bonchev–Trinajstić information content (AvgIpc) is 1.98. The molecule has 1 rings (SSSR count). The van der Waals surface area contributed by atoms with Gasteiger partial charge in [0.05, 0.1) is 0 Å². The Labute approximate surface area is 64.9 Å². The Balaban J connectivity index is 2.86. The Morgan fingerprint density at radius 1 is 1.55 bits per heavy atom. The molecule has 0 saturated carbocycles. The van der Waals surface area contributed by atoms with Crippen LogP contribution < -0.4 is 4.65 Å². The maximum absolute atomic E-state index is 12.7. The molecule has 0 aliphatic rings. The molecule has 0 saturated heterocycles. The molecule has 1 radical (unpaired) electrons. The molecule has 0 aliphatic heterocycles. The lowest BCUT2D eigenvalue weighted by Crippen LogP contribution is -2.00. The van der Waals surface area contributed by atoms with Crippen molar-refractivity contribution >= 4 is 7.69 Å². The largest absolute Gasteiger partial charge is 0.569 e. The van der Waals surface area contributed by atoms with Crippen molar-refractivity contribution in [1.82, 2.24) is 0 Å². The van der Waals surface area contributed by atoms with Crippen LogP contribution in [0.4, 0.5) is 4.39 Å². The van der Waals surface area contributed by atoms with Crippen LogP contribution in [-0.2, 0) is 0 Å². The van der Waals surface area contributed by atoms with Gasteiger partial charge >= 0.3 is 7.69 Å². The van der Waals surface area contributed by atoms with Crippen molar-refractivity contribution in [3.63, 3.8) is 0 Å². The molecule has 0 amide bonds. The fraction of sp³-hybridized carbons (Fsp3) is 0.143. The molecule has 2 nitrogen and oxygen atoms in total. The van der Waals surface area contributed by atoms with E-state index in [1.807, 2.05) is 0 Å². The van der Waals surface area contributed by atoms with E-state index in [1.54, 1.807) is 19.1 Å². The topological polar surface area (TPSA) is 29.5 Å². The normalized spacial score (nSPS) is 9.36. The summed E-state index contributed by atoms with van der Waals surface area (Å²) in [6, 6.07) is 4.36. The summed E-state index contributed by atoms with van der Waals surface area (Å²) in [5.41, 5.74) is 0.551. The van der Waals surface area contributed by atoms with Crippen molar-refractivity contribution < 1.29 is 14.1 Å². The molecule has 4 heteroatoms. The lowest BCUT2D eigenvalue weighted by atomic mass is 10.2. The van der Waals surface area contributed by atoms with E-state index < -0.39 is 0 Å². The van der Waals surface area contributed by atoms with E-state index in [0.717, 1.165) is 0 Å². The first-order valence-corrected chi connectivity index (χ1v) is 3.13. The summed E-state index contributed by atoms with van der Waals surface area (Å²) >= 11 is 0. The van der Waals surface area contributed by atoms with Crippen LogP contribution in [-0.4, -0.2) is 12.7 Å². The molecule has 1 N–H and O–H groups in total. The first-order chi connectivity index (χ1) is 5.24. The SMILES string of the molecule is Cc1ccc(O[B]O)cc1F. The van der Waals surface area contributed by atoms with Gasteiger partial charge in [-0.2, -0.15) is 0 Å². The van der Waals surface area contributed by atoms with Gasteiger partial charge in [0, 0.05) is 6.07 Å². The minimum Gasteiger partial charge on any atom is -0.537 e. The fourth-order valence-electron chi connectivity index (χ4n) is 0.708. The highest BCUT2D eigenvalue weighted by Crippen LogP contribution is 2.14. The fourth-order valence-corrected chi connectivity index (χ4v) is 0.708. The van der Waals surface area contributed by atoms with Crippen LogP contribution in [0.25, 0.3) is 0 Å². The molecule has 57 valence electrons. The molecule has 0 aliphatic carbocycles. The second-order valence-corrected chi connectivity index (χ2v) is 2.13. The molecule has 0 unspecified atom stereocenters. The summed E-state index contributed by atoms with van der Waals surface area (Å²) in [5.74, 6) is -0.0556. The molecule has 1 aromatic rings. The number of hydrogen-bond acceptors (Lipinski definition) is 2. The molecule has 11 heavy (non-hydrogen) atoms. The number of hydrogen-bond donors (Lipinski definition) is 1. The van der Waals surface area contributed by atoms with Crippen molar-refractivity contribution in [2.75, 3.05) is 0 Å². The van der Waals surface area contributed by atoms with Gasteiger partial charge in [-0.25, -0.2) is 4.39 Å². The van der Waals surface area contributed by atoms with Gasteiger partial charge in [-0.15, -0.1) is 0 Å². The van der Waals surface area contributed by atoms with Crippen molar-refractivity contribution in [1.29, 1.82) is 0 Å². The molecular weight excluding hydrogens is 146 g/mol. The predicted octanol–water partition coefficient (Wildman–Crippen LogP) is 1.04. The van der Waals surface area contributed by atoms with Gasteiger partial charge in [0.25, 0.3) is 0 Å². The number of rotatable bonds is 2. The van der Waals surface area contributed by atoms with Gasteiger partial charge < -0.3 is 9.68 Å². The minimum atomic E-state index is -0.343. The van der Waals surface area contributed by atoms with Crippen LogP contribution >= 0.6 is 0 Å². The van der Waals surface area contributed by atoms with Gasteiger partial charge in [-0.3, -0.25) is 0 Å². The van der Waals surface area contributed by atoms with Gasteiger partial charge in [-0.05, 0) is 18.6 Å². The number of benzene rings is 1. The zero-order valence-electron chi connectivity index (χ0n) is 6.04. The van der Waals surface area contributed by atoms with E-state index in [0.29, 0.717) is 13.2 Å². The Morgan fingerprint density at radius 3 is 2.82 bits per heavy atom. The van der Waals surface area contributed by atoms with Crippen LogP contribution in [0.3, 0.4) is 0 Å². The third-order valence-corrected chi connectivity index (χ3v) is 1.33. The quantitative estimate of drug-likeness (QED) is 0.643. The second kappa shape index (κ2) is 3.39. The molecule has 0 bridgehead atoms. The smallest absolute Gasteiger partial charge is 0.537 e. The lowest BCUT2D eigenvalue weighted by molar-refractivity contribution is 0.451. The summed E-state index contributed by atoms with van der Waals surface area (Å²) in [6.07, 6.45) is 0. The van der Waals surface area contributed by atoms with Crippen molar-refractivity contribution in [3.8, 4) is 5.75 Å². The summed E-state index contributed by atoms with van der Waals surface area (Å²) < 4.78 is 17.3. The predicted molar refractivity (Wildman–Crippen MR) is 39.7 cm³/mol. The Bertz CT molecular complexity index is 252. The van der Waals surface area contributed by atoms with E-state index in [1.165, 1.54) is 6.07 Å². The van der Waals surface area contributed by atoms with E-state index in [2.05, 4.69) is 4.65 Å². The van der Waals surface area contributed by atoms with Gasteiger partial charge in [0.1, 0.15) is 11.6 Å². The first kappa shape index (κ1) is 8.08. The van der Waals surface area contributed by atoms with Gasteiger partial charge in [0.2, 0.25) is 0 Å². The second-order valence-electron chi connectivity index (χ2n) is 2.13. The highest BCUT2D eigenvalue weighted by molar-refractivity contribution is 6.17. The molecule has 0 aromatic heterocycles. The average molecular weight is 153 g/mol. The number of aryl methyl sites for hydroxylation is 1. The summed E-state index contributed by atoms with van der Waals surface area (Å²) in [6.45, 7) is 1.65. The van der Waals surface area contributed by atoms with Crippen molar-refractivity contribution in [2.45, 2.75) is 6.92 Å². The third kappa shape index (κ3) is 1.95. The van der Waals surface area contributed by atoms with E-state index >= 15 is 0 Å². The maximum Gasteiger partial charge on any atom is 0.569 e. The Morgan fingerprint density at radius 2 is 2.27 bits per heavy atom. The molecule has 1 aromatic carbocycles. The van der Waals surface area contributed by atoms with E-state index in [-0.39, 0.29) is 11.6 Å². The number of halogens is 1. The summed E-state index contributed by atoms with van der Waals surface area (Å²) in [4.78, 5) is 0. The molecular formula is C7H7BFO2.